The molecule has 0 saturated heterocycles. The quantitative estimate of drug-likeness (QED) is 0.0262. The Morgan fingerprint density at radius 1 is 0.319 bits per heavy atom. The zero-order valence-electron chi connectivity index (χ0n) is 45.6. The van der Waals surface area contributed by atoms with Crippen molar-refractivity contribution in [2.75, 3.05) is 13.2 Å². The third-order valence-electron chi connectivity index (χ3n) is 12.7. The van der Waals surface area contributed by atoms with E-state index in [-0.39, 0.29) is 31.6 Å². The van der Waals surface area contributed by atoms with E-state index in [2.05, 4.69) is 81.5 Å². The third-order valence-corrected chi connectivity index (χ3v) is 12.7. The number of carbonyl (C=O) groups is 3. The molecule has 0 aromatic carbocycles. The van der Waals surface area contributed by atoms with E-state index in [1.54, 1.807) is 6.08 Å². The molecular formula is C63H110O6. The molecule has 1 atom stereocenters. The Morgan fingerprint density at radius 2 is 0.623 bits per heavy atom. The summed E-state index contributed by atoms with van der Waals surface area (Å²) in [6.45, 7) is 6.42. The van der Waals surface area contributed by atoms with Crippen molar-refractivity contribution in [3.05, 3.63) is 72.9 Å². The van der Waals surface area contributed by atoms with Crippen LogP contribution in [-0.4, -0.2) is 37.2 Å². The number of hydrogen-bond acceptors (Lipinski definition) is 6. The Balaban J connectivity index is 4.28. The molecule has 0 aromatic heterocycles. The van der Waals surface area contributed by atoms with Crippen LogP contribution in [0.2, 0.25) is 0 Å². The van der Waals surface area contributed by atoms with Gasteiger partial charge in [0.05, 0.1) is 6.42 Å². The van der Waals surface area contributed by atoms with E-state index in [4.69, 9.17) is 14.2 Å². The number of ether oxygens (including phenoxy) is 3. The van der Waals surface area contributed by atoms with Crippen molar-refractivity contribution >= 4 is 17.9 Å². The molecule has 0 aliphatic heterocycles. The molecule has 0 heterocycles. The molecule has 0 N–H and O–H groups in total. The van der Waals surface area contributed by atoms with Crippen LogP contribution in [0.1, 0.15) is 290 Å². The van der Waals surface area contributed by atoms with Crippen LogP contribution in [0.15, 0.2) is 72.9 Å². The smallest absolute Gasteiger partial charge is 0.310 e. The monoisotopic (exact) mass is 963 g/mol. The van der Waals surface area contributed by atoms with E-state index >= 15 is 0 Å². The van der Waals surface area contributed by atoms with Crippen molar-refractivity contribution < 1.29 is 28.6 Å². The zero-order valence-corrected chi connectivity index (χ0v) is 45.6. The fourth-order valence-electron chi connectivity index (χ4n) is 8.32. The molecule has 69 heavy (non-hydrogen) atoms. The van der Waals surface area contributed by atoms with Gasteiger partial charge in [-0.05, 0) is 64.2 Å². The van der Waals surface area contributed by atoms with E-state index in [1.165, 1.54) is 167 Å². The highest BCUT2D eigenvalue weighted by Gasteiger charge is 2.19. The van der Waals surface area contributed by atoms with Crippen molar-refractivity contribution in [3.63, 3.8) is 0 Å². The van der Waals surface area contributed by atoms with E-state index in [0.29, 0.717) is 12.8 Å². The van der Waals surface area contributed by atoms with Gasteiger partial charge >= 0.3 is 17.9 Å². The molecule has 1 unspecified atom stereocenters. The predicted octanol–water partition coefficient (Wildman–Crippen LogP) is 19.8. The lowest BCUT2D eigenvalue weighted by Crippen LogP contribution is -2.30. The van der Waals surface area contributed by atoms with Crippen LogP contribution in [0, 0.1) is 0 Å². The summed E-state index contributed by atoms with van der Waals surface area (Å²) < 4.78 is 16.7. The Kier molecular flexibility index (Phi) is 54.8. The minimum absolute atomic E-state index is 0.0972. The summed E-state index contributed by atoms with van der Waals surface area (Å²) in [6.07, 6.45) is 73.7. The van der Waals surface area contributed by atoms with Gasteiger partial charge in [-0.25, -0.2) is 0 Å². The summed E-state index contributed by atoms with van der Waals surface area (Å²) in [5.74, 6) is -1.05. The zero-order chi connectivity index (χ0) is 50.0. The first-order valence-corrected chi connectivity index (χ1v) is 29.4. The van der Waals surface area contributed by atoms with Crippen molar-refractivity contribution in [1.82, 2.24) is 0 Å². The molecule has 0 fully saturated rings. The molecule has 0 spiro atoms. The molecule has 0 rings (SSSR count). The summed E-state index contributed by atoms with van der Waals surface area (Å²) in [5.41, 5.74) is 0. The Morgan fingerprint density at radius 3 is 0.986 bits per heavy atom. The largest absolute Gasteiger partial charge is 0.462 e. The van der Waals surface area contributed by atoms with Crippen molar-refractivity contribution in [2.45, 2.75) is 297 Å². The van der Waals surface area contributed by atoms with Crippen molar-refractivity contribution in [2.24, 2.45) is 0 Å². The molecule has 0 aliphatic rings. The van der Waals surface area contributed by atoms with Gasteiger partial charge in [-0.1, -0.05) is 280 Å². The first-order valence-electron chi connectivity index (χ1n) is 29.4. The highest BCUT2D eigenvalue weighted by atomic mass is 16.6. The Hall–Kier alpha value is -3.15. The third kappa shape index (κ3) is 55.6. The first kappa shape index (κ1) is 65.8. The molecule has 0 aromatic rings. The maximum absolute atomic E-state index is 12.8. The van der Waals surface area contributed by atoms with Gasteiger partial charge < -0.3 is 14.2 Å². The molecule has 0 aliphatic carbocycles. The first-order chi connectivity index (χ1) is 34.0. The van der Waals surface area contributed by atoms with Crippen LogP contribution in [0.4, 0.5) is 0 Å². The minimum Gasteiger partial charge on any atom is -0.462 e. The van der Waals surface area contributed by atoms with Gasteiger partial charge in [-0.15, -0.1) is 0 Å². The number of rotatable bonds is 53. The maximum atomic E-state index is 12.8. The Bertz CT molecular complexity index is 1290. The fourth-order valence-corrected chi connectivity index (χ4v) is 8.32. The van der Waals surface area contributed by atoms with Crippen LogP contribution in [0.3, 0.4) is 0 Å². The van der Waals surface area contributed by atoms with E-state index < -0.39 is 12.1 Å². The van der Waals surface area contributed by atoms with Crippen LogP contribution >= 0.6 is 0 Å². The van der Waals surface area contributed by atoms with E-state index in [0.717, 1.165) is 83.5 Å². The topological polar surface area (TPSA) is 78.9 Å². The van der Waals surface area contributed by atoms with Crippen LogP contribution < -0.4 is 0 Å². The lowest BCUT2D eigenvalue weighted by atomic mass is 10.0. The standard InChI is InChI=1S/C63H110O6/c1-4-7-10-13-16-19-22-24-26-27-28-29-30-31-32-33-34-35-37-38-41-44-47-50-53-56-62(65)68-59-60(58-67-61(64)55-52-49-46-43-40-21-18-15-12-9-6-3)69-63(66)57-54-51-48-45-42-39-36-25-23-20-17-14-11-8-5-2/h8,11,15,17-18,20,25,36,42,45,51,54,60H,4-7,9-10,12-14,16,19,21-24,26-35,37-41,43-44,46-50,52-53,55-59H2,1-3H3/b11-8-,18-15-,20-17-,36-25-,45-42-,54-51-. The van der Waals surface area contributed by atoms with Crippen LogP contribution in [0.25, 0.3) is 0 Å². The number of carbonyl (C=O) groups excluding carboxylic acids is 3. The molecule has 0 bridgehead atoms. The second kappa shape index (κ2) is 57.4. The maximum Gasteiger partial charge on any atom is 0.310 e. The lowest BCUT2D eigenvalue weighted by molar-refractivity contribution is -0.166. The SMILES string of the molecule is CC/C=C\C/C=C\C/C=C\C/C=C\C/C=C\CC(=O)OC(COC(=O)CCCCCCC/C=C\CCCC)COC(=O)CCCCCCCCCCCCCCCCCCCCCCCCCCC. The molecule has 0 saturated carbocycles. The van der Waals surface area contributed by atoms with Gasteiger partial charge in [0, 0.05) is 12.8 Å². The molecule has 6 heteroatoms. The summed E-state index contributed by atoms with van der Waals surface area (Å²) in [6, 6.07) is 0. The number of esters is 3. The highest BCUT2D eigenvalue weighted by molar-refractivity contribution is 5.72. The highest BCUT2D eigenvalue weighted by Crippen LogP contribution is 2.17. The number of unbranched alkanes of at least 4 members (excludes halogenated alkanes) is 31. The summed E-state index contributed by atoms with van der Waals surface area (Å²) in [7, 11) is 0. The van der Waals surface area contributed by atoms with E-state index in [9.17, 15) is 14.4 Å². The number of allylic oxidation sites excluding steroid dienone is 11. The summed E-state index contributed by atoms with van der Waals surface area (Å²) in [5, 5.41) is 0. The Labute approximate surface area is 427 Å². The fraction of sp³-hybridized carbons (Fsp3) is 0.762. The number of hydrogen-bond donors (Lipinski definition) is 0. The summed E-state index contributed by atoms with van der Waals surface area (Å²) in [4.78, 5) is 38.0. The van der Waals surface area contributed by atoms with Gasteiger partial charge in [0.1, 0.15) is 13.2 Å². The van der Waals surface area contributed by atoms with Crippen LogP contribution in [0.5, 0.6) is 0 Å². The molecular weight excluding hydrogens is 853 g/mol. The normalized spacial score (nSPS) is 12.6. The lowest BCUT2D eigenvalue weighted by Gasteiger charge is -2.18. The molecule has 6 nitrogen and oxygen atoms in total. The van der Waals surface area contributed by atoms with Gasteiger partial charge in [-0.3, -0.25) is 14.4 Å². The van der Waals surface area contributed by atoms with Gasteiger partial charge in [0.25, 0.3) is 0 Å². The molecule has 0 radical (unpaired) electrons. The molecule has 0 amide bonds. The van der Waals surface area contributed by atoms with Crippen LogP contribution in [-0.2, 0) is 28.6 Å². The average Bonchev–Trinajstić information content (AvgIpc) is 3.35. The van der Waals surface area contributed by atoms with Gasteiger partial charge in [0.2, 0.25) is 0 Å². The van der Waals surface area contributed by atoms with Gasteiger partial charge in [0.15, 0.2) is 6.10 Å². The predicted molar refractivity (Wildman–Crippen MR) is 298 cm³/mol. The van der Waals surface area contributed by atoms with Crippen molar-refractivity contribution in [1.29, 1.82) is 0 Å². The van der Waals surface area contributed by atoms with Crippen molar-refractivity contribution in [3.8, 4) is 0 Å². The second-order valence-corrected chi connectivity index (χ2v) is 19.5. The molecule has 398 valence electrons. The van der Waals surface area contributed by atoms with E-state index in [1.807, 2.05) is 6.08 Å². The second-order valence-electron chi connectivity index (χ2n) is 19.5. The summed E-state index contributed by atoms with van der Waals surface area (Å²) >= 11 is 0. The minimum atomic E-state index is -0.831. The average molecular weight is 964 g/mol. The van der Waals surface area contributed by atoms with Gasteiger partial charge in [-0.2, -0.15) is 0 Å².